The topological polar surface area (TPSA) is 0 Å². The molecule has 0 radical (unpaired) electrons. The Hall–Kier alpha value is 0.240. The van der Waals surface area contributed by atoms with Gasteiger partial charge >= 0.3 is 0 Å². The first kappa shape index (κ1) is 11.2. The quantitative estimate of drug-likeness (QED) is 0.520. The summed E-state index contributed by atoms with van der Waals surface area (Å²) in [6, 6.07) is 0. The van der Waals surface area contributed by atoms with Crippen molar-refractivity contribution in [3.8, 4) is 0 Å². The maximum Gasteiger partial charge on any atom is 0.0496 e. The molecule has 0 aliphatic rings. The van der Waals surface area contributed by atoms with E-state index in [0.29, 0.717) is 0 Å². The molecule has 2 heteroatoms. The molecule has 0 bridgehead atoms. The summed E-state index contributed by atoms with van der Waals surface area (Å²) in [5, 5.41) is 0.812. The van der Waals surface area contributed by atoms with Gasteiger partial charge in [-0.15, -0.1) is 0 Å². The average molecular weight is 283 g/mol. The van der Waals surface area contributed by atoms with Gasteiger partial charge in [-0.1, -0.05) is 29.3 Å². The largest absolute Gasteiger partial charge is 0.0847 e. The molecule has 62 valence electrons. The highest BCUT2D eigenvalue weighted by Crippen LogP contribution is 2.22. The van der Waals surface area contributed by atoms with E-state index < -0.39 is 0 Å². The second-order valence-electron chi connectivity index (χ2n) is 2.16. The molecule has 0 amide bonds. The molecule has 0 unspecified atom stereocenters. The van der Waals surface area contributed by atoms with Gasteiger partial charge in [-0.05, 0) is 49.4 Å². The summed E-state index contributed by atoms with van der Waals surface area (Å²) in [7, 11) is 0. The van der Waals surface area contributed by atoms with E-state index in [4.69, 9.17) is 11.6 Å². The third-order valence-electron chi connectivity index (χ3n) is 1.29. The van der Waals surface area contributed by atoms with Gasteiger partial charge in [-0.25, -0.2) is 0 Å². The van der Waals surface area contributed by atoms with E-state index in [1.54, 1.807) is 0 Å². The van der Waals surface area contributed by atoms with Crippen LogP contribution in [-0.4, -0.2) is 0 Å². The van der Waals surface area contributed by atoms with Gasteiger partial charge in [-0.2, -0.15) is 0 Å². The Morgan fingerprint density at radius 2 is 1.82 bits per heavy atom. The second kappa shape index (κ2) is 5.84. The highest BCUT2D eigenvalue weighted by Gasteiger charge is 1.94. The Kier molecular flexibility index (Phi) is 5.96. The van der Waals surface area contributed by atoms with Gasteiger partial charge in [0.05, 0.1) is 0 Å². The van der Waals surface area contributed by atoms with Gasteiger partial charge in [0.25, 0.3) is 0 Å². The van der Waals surface area contributed by atoms with Crippen LogP contribution < -0.4 is 0 Å². The number of allylic oxidation sites excluding steroid dienone is 6. The summed E-state index contributed by atoms with van der Waals surface area (Å²) in [6.07, 6.45) is 6.00. The lowest BCUT2D eigenvalue weighted by atomic mass is 10.2. The van der Waals surface area contributed by atoms with E-state index in [9.17, 15) is 0 Å². The van der Waals surface area contributed by atoms with E-state index >= 15 is 0 Å². The van der Waals surface area contributed by atoms with Gasteiger partial charge in [0, 0.05) is 8.61 Å². The van der Waals surface area contributed by atoms with Gasteiger partial charge in [0.2, 0.25) is 0 Å². The fourth-order valence-electron chi connectivity index (χ4n) is 0.490. The lowest BCUT2D eigenvalue weighted by molar-refractivity contribution is 1.47. The van der Waals surface area contributed by atoms with Crippen molar-refractivity contribution < 1.29 is 0 Å². The summed E-state index contributed by atoms with van der Waals surface area (Å²) >= 11 is 8.10. The molecule has 0 saturated heterocycles. The zero-order valence-electron chi connectivity index (χ0n) is 6.99. The van der Waals surface area contributed by atoms with Crippen molar-refractivity contribution in [2.75, 3.05) is 0 Å². The average Bonchev–Trinajstić information content (AvgIpc) is 2.02. The maximum absolute atomic E-state index is 5.87. The third kappa shape index (κ3) is 4.64. The van der Waals surface area contributed by atoms with E-state index in [0.717, 1.165) is 8.61 Å². The summed E-state index contributed by atoms with van der Waals surface area (Å²) < 4.78 is 1.09. The van der Waals surface area contributed by atoms with Crippen LogP contribution in [0.15, 0.2) is 32.4 Å². The van der Waals surface area contributed by atoms with Gasteiger partial charge < -0.3 is 0 Å². The van der Waals surface area contributed by atoms with Crippen LogP contribution in [0.5, 0.6) is 0 Å². The molecule has 0 heterocycles. The highest BCUT2D eigenvalue weighted by atomic mass is 127. The Morgan fingerprint density at radius 1 is 1.27 bits per heavy atom. The molecule has 0 aromatic carbocycles. The molecule has 11 heavy (non-hydrogen) atoms. The molecule has 0 N–H and O–H groups in total. The number of rotatable bonds is 2. The number of hydrogen-bond acceptors (Lipinski definition) is 0. The molecule has 0 aliphatic carbocycles. The van der Waals surface area contributed by atoms with Crippen molar-refractivity contribution in [2.45, 2.75) is 20.8 Å². The molecule has 0 atom stereocenters. The predicted octanol–water partition coefficient (Wildman–Crippen LogP) is 4.41. The minimum atomic E-state index is 0.812. The molecule has 0 saturated carbocycles. The molecule has 0 aromatic heterocycles. The molecular weight excluding hydrogens is 270 g/mol. The normalized spacial score (nSPS) is 15.5. The first-order valence-corrected chi connectivity index (χ1v) is 4.89. The fourth-order valence-corrected chi connectivity index (χ4v) is 1.35. The van der Waals surface area contributed by atoms with Crippen LogP contribution >= 0.6 is 34.2 Å². The first-order valence-electron chi connectivity index (χ1n) is 3.44. The van der Waals surface area contributed by atoms with Crippen LogP contribution in [0.1, 0.15) is 20.8 Å². The monoisotopic (exact) mass is 282 g/mol. The Labute approximate surface area is 87.2 Å². The van der Waals surface area contributed by atoms with E-state index in [1.165, 1.54) is 5.57 Å². The van der Waals surface area contributed by atoms with Gasteiger partial charge in [-0.3, -0.25) is 0 Å². The minimum Gasteiger partial charge on any atom is -0.0847 e. The summed E-state index contributed by atoms with van der Waals surface area (Å²) in [4.78, 5) is 0. The lowest BCUT2D eigenvalue weighted by Gasteiger charge is -1.95. The van der Waals surface area contributed by atoms with E-state index in [-0.39, 0.29) is 0 Å². The summed E-state index contributed by atoms with van der Waals surface area (Å²) in [5.41, 5.74) is 1.23. The standard InChI is InChI=1S/C9H12ClI/c1-4-7(3)6-9(11)8(10)5-2/h4-6H,1-3H3/b7-4-,8-5-,9-6+. The Bertz CT molecular complexity index is 212. The van der Waals surface area contributed by atoms with E-state index in [2.05, 4.69) is 41.7 Å². The van der Waals surface area contributed by atoms with Crippen LogP contribution in [0, 0.1) is 0 Å². The number of halogens is 2. The predicted molar refractivity (Wildman–Crippen MR) is 61.1 cm³/mol. The van der Waals surface area contributed by atoms with Crippen LogP contribution in [0.4, 0.5) is 0 Å². The van der Waals surface area contributed by atoms with Crippen molar-refractivity contribution in [3.63, 3.8) is 0 Å². The zero-order chi connectivity index (χ0) is 8.85. The number of hydrogen-bond donors (Lipinski definition) is 0. The zero-order valence-corrected chi connectivity index (χ0v) is 9.90. The lowest BCUT2D eigenvalue weighted by Crippen LogP contribution is -1.72. The Morgan fingerprint density at radius 3 is 2.18 bits per heavy atom. The van der Waals surface area contributed by atoms with Crippen molar-refractivity contribution in [1.82, 2.24) is 0 Å². The SMILES string of the molecule is C\C=C(C)/C=C(I)\C(Cl)=C\C. The minimum absolute atomic E-state index is 0.812. The summed E-state index contributed by atoms with van der Waals surface area (Å²) in [5.74, 6) is 0. The molecule has 0 aliphatic heterocycles. The van der Waals surface area contributed by atoms with Gasteiger partial charge in [0.1, 0.15) is 0 Å². The molecule has 0 nitrogen and oxygen atoms in total. The van der Waals surface area contributed by atoms with Crippen molar-refractivity contribution in [3.05, 3.63) is 32.4 Å². The third-order valence-corrected chi connectivity index (χ3v) is 2.92. The van der Waals surface area contributed by atoms with Crippen molar-refractivity contribution in [2.24, 2.45) is 0 Å². The van der Waals surface area contributed by atoms with Crippen LogP contribution in [0.2, 0.25) is 0 Å². The molecule has 0 aromatic rings. The van der Waals surface area contributed by atoms with Crippen LogP contribution in [0.25, 0.3) is 0 Å². The Balaban J connectivity index is 4.47. The highest BCUT2D eigenvalue weighted by molar-refractivity contribution is 14.1. The fraction of sp³-hybridized carbons (Fsp3) is 0.333. The van der Waals surface area contributed by atoms with Crippen molar-refractivity contribution >= 4 is 34.2 Å². The summed E-state index contributed by atoms with van der Waals surface area (Å²) in [6.45, 7) is 6.00. The smallest absolute Gasteiger partial charge is 0.0496 e. The molecule has 0 fully saturated rings. The molecule has 0 spiro atoms. The maximum atomic E-state index is 5.87. The molecular formula is C9H12ClI. The van der Waals surface area contributed by atoms with E-state index in [1.807, 2.05) is 19.9 Å². The van der Waals surface area contributed by atoms with Crippen LogP contribution in [-0.2, 0) is 0 Å². The second-order valence-corrected chi connectivity index (χ2v) is 3.73. The molecule has 0 rings (SSSR count). The first-order chi connectivity index (χ1) is 5.11. The van der Waals surface area contributed by atoms with Crippen LogP contribution in [0.3, 0.4) is 0 Å². The van der Waals surface area contributed by atoms with Gasteiger partial charge in [0.15, 0.2) is 0 Å². The van der Waals surface area contributed by atoms with Crippen molar-refractivity contribution in [1.29, 1.82) is 0 Å².